The lowest BCUT2D eigenvalue weighted by atomic mass is 10.1. The molecule has 0 saturated carbocycles. The van der Waals surface area contributed by atoms with Crippen molar-refractivity contribution in [2.24, 2.45) is 0 Å². The van der Waals surface area contributed by atoms with Crippen molar-refractivity contribution in [1.29, 1.82) is 0 Å². The molecule has 24 heavy (non-hydrogen) atoms. The van der Waals surface area contributed by atoms with Crippen LogP contribution in [0.2, 0.25) is 0 Å². The largest absolute Gasteiger partial charge is 0.465 e. The van der Waals surface area contributed by atoms with Crippen molar-refractivity contribution in [3.63, 3.8) is 0 Å². The van der Waals surface area contributed by atoms with Gasteiger partial charge in [0.2, 0.25) is 0 Å². The van der Waals surface area contributed by atoms with Crippen molar-refractivity contribution >= 4 is 22.8 Å². The van der Waals surface area contributed by atoms with E-state index in [1.807, 2.05) is 31.2 Å². The highest BCUT2D eigenvalue weighted by Gasteiger charge is 2.17. The fourth-order valence-corrected chi connectivity index (χ4v) is 2.62. The maximum atomic E-state index is 12.4. The third-order valence-corrected chi connectivity index (χ3v) is 3.84. The number of H-pyrrole nitrogens is 1. The molecule has 0 spiro atoms. The average Bonchev–Trinajstić information content (AvgIpc) is 2.95. The molecule has 1 aromatic heterocycles. The number of benzene rings is 2. The minimum absolute atomic E-state index is 0.138. The summed E-state index contributed by atoms with van der Waals surface area (Å²) in [5, 5.41) is 0.848. The summed E-state index contributed by atoms with van der Waals surface area (Å²) in [7, 11) is 1.33. The molecule has 0 fully saturated rings. The summed E-state index contributed by atoms with van der Waals surface area (Å²) in [5.41, 5.74) is 3.50. The monoisotopic (exact) mass is 323 g/mol. The van der Waals surface area contributed by atoms with E-state index in [1.54, 1.807) is 24.3 Å². The Bertz CT molecular complexity index is 893. The van der Waals surface area contributed by atoms with E-state index >= 15 is 0 Å². The number of hydrogen-bond acceptors (Lipinski definition) is 4. The molecule has 5 nitrogen and oxygen atoms in total. The number of hydrogen-bond donors (Lipinski definition) is 1. The Kier molecular flexibility index (Phi) is 4.33. The molecule has 0 amide bonds. The third kappa shape index (κ3) is 3.01. The quantitative estimate of drug-likeness (QED) is 0.745. The highest BCUT2D eigenvalue weighted by atomic mass is 16.5. The minimum Gasteiger partial charge on any atom is -0.465 e. The summed E-state index contributed by atoms with van der Waals surface area (Å²) < 4.78 is 10.1. The van der Waals surface area contributed by atoms with E-state index in [0.29, 0.717) is 11.1 Å². The van der Waals surface area contributed by atoms with Crippen LogP contribution in [-0.2, 0) is 16.1 Å². The second kappa shape index (κ2) is 6.58. The molecule has 0 saturated heterocycles. The summed E-state index contributed by atoms with van der Waals surface area (Å²) in [6, 6.07) is 14.4. The van der Waals surface area contributed by atoms with Gasteiger partial charge in [0.15, 0.2) is 0 Å². The van der Waals surface area contributed by atoms with E-state index in [1.165, 1.54) is 7.11 Å². The van der Waals surface area contributed by atoms with Crippen LogP contribution >= 0.6 is 0 Å². The third-order valence-electron chi connectivity index (χ3n) is 3.84. The van der Waals surface area contributed by atoms with Gasteiger partial charge in [-0.25, -0.2) is 9.59 Å². The van der Waals surface area contributed by atoms with E-state index in [0.717, 1.165) is 22.2 Å². The van der Waals surface area contributed by atoms with Crippen molar-refractivity contribution in [2.75, 3.05) is 7.11 Å². The zero-order chi connectivity index (χ0) is 17.1. The van der Waals surface area contributed by atoms with E-state index in [9.17, 15) is 9.59 Å². The number of nitrogens with one attached hydrogen (secondary N) is 1. The smallest absolute Gasteiger partial charge is 0.340 e. The number of aromatic nitrogens is 1. The molecule has 2 aromatic carbocycles. The van der Waals surface area contributed by atoms with Crippen molar-refractivity contribution in [3.05, 3.63) is 70.9 Å². The Balaban J connectivity index is 1.73. The van der Waals surface area contributed by atoms with Gasteiger partial charge in [-0.3, -0.25) is 0 Å². The van der Waals surface area contributed by atoms with Gasteiger partial charge in [-0.15, -0.1) is 0 Å². The Morgan fingerprint density at radius 2 is 1.71 bits per heavy atom. The number of ether oxygens (including phenoxy) is 2. The van der Waals surface area contributed by atoms with Crippen LogP contribution in [0, 0.1) is 6.92 Å². The van der Waals surface area contributed by atoms with Crippen molar-refractivity contribution in [3.8, 4) is 0 Å². The molecule has 1 heterocycles. The molecule has 5 heteroatoms. The molecule has 0 atom stereocenters. The van der Waals surface area contributed by atoms with Crippen LogP contribution < -0.4 is 0 Å². The number of carbonyl (C=O) groups is 2. The lowest BCUT2D eigenvalue weighted by molar-refractivity contribution is 0.0473. The number of fused-ring (bicyclic) bond motifs is 1. The number of esters is 2. The lowest BCUT2D eigenvalue weighted by Crippen LogP contribution is -2.07. The maximum absolute atomic E-state index is 12.4. The van der Waals surface area contributed by atoms with E-state index in [4.69, 9.17) is 4.74 Å². The SMILES string of the molecule is COC(=O)c1ccc(COC(=O)c2c(C)[nH]c3ccccc23)cc1. The molecule has 0 aliphatic carbocycles. The van der Waals surface area contributed by atoms with Gasteiger partial charge in [-0.1, -0.05) is 30.3 Å². The van der Waals surface area contributed by atoms with E-state index in [2.05, 4.69) is 9.72 Å². The molecule has 0 unspecified atom stereocenters. The first-order valence-corrected chi connectivity index (χ1v) is 7.52. The van der Waals surface area contributed by atoms with E-state index < -0.39 is 5.97 Å². The molecule has 0 aliphatic heterocycles. The normalized spacial score (nSPS) is 10.6. The summed E-state index contributed by atoms with van der Waals surface area (Å²) >= 11 is 0. The van der Waals surface area contributed by atoms with Crippen LogP contribution in [0.25, 0.3) is 10.9 Å². The fraction of sp³-hybridized carbons (Fsp3) is 0.158. The molecule has 3 rings (SSSR count). The maximum Gasteiger partial charge on any atom is 0.340 e. The first-order valence-electron chi connectivity index (χ1n) is 7.52. The number of aromatic amines is 1. The number of aryl methyl sites for hydroxylation is 1. The summed E-state index contributed by atoms with van der Waals surface area (Å²) in [6.45, 7) is 1.99. The van der Waals surface area contributed by atoms with Gasteiger partial charge in [0.05, 0.1) is 18.2 Å². The summed E-state index contributed by atoms with van der Waals surface area (Å²) in [6.07, 6.45) is 0. The van der Waals surface area contributed by atoms with Crippen LogP contribution in [-0.4, -0.2) is 24.0 Å². The number of rotatable bonds is 4. The minimum atomic E-state index is -0.395. The number of methoxy groups -OCH3 is 1. The van der Waals surface area contributed by atoms with Crippen molar-refractivity contribution < 1.29 is 19.1 Å². The Morgan fingerprint density at radius 3 is 2.42 bits per heavy atom. The van der Waals surface area contributed by atoms with Gasteiger partial charge >= 0.3 is 11.9 Å². The van der Waals surface area contributed by atoms with Crippen LogP contribution in [0.3, 0.4) is 0 Å². The fourth-order valence-electron chi connectivity index (χ4n) is 2.62. The lowest BCUT2D eigenvalue weighted by Gasteiger charge is -2.06. The first-order chi connectivity index (χ1) is 11.6. The van der Waals surface area contributed by atoms with Gasteiger partial charge in [0.25, 0.3) is 0 Å². The molecule has 0 bridgehead atoms. The molecule has 1 N–H and O–H groups in total. The van der Waals surface area contributed by atoms with Crippen molar-refractivity contribution in [2.45, 2.75) is 13.5 Å². The molecule has 3 aromatic rings. The molecular formula is C19H17NO4. The van der Waals surface area contributed by atoms with Gasteiger partial charge < -0.3 is 14.5 Å². The van der Waals surface area contributed by atoms with Crippen molar-refractivity contribution in [1.82, 2.24) is 4.98 Å². The van der Waals surface area contributed by atoms with Gasteiger partial charge in [-0.2, -0.15) is 0 Å². The second-order valence-electron chi connectivity index (χ2n) is 5.44. The Morgan fingerprint density at radius 1 is 1.00 bits per heavy atom. The number of carbonyl (C=O) groups excluding carboxylic acids is 2. The van der Waals surface area contributed by atoms with Crippen LogP contribution in [0.15, 0.2) is 48.5 Å². The van der Waals surface area contributed by atoms with Crippen LogP contribution in [0.1, 0.15) is 32.0 Å². The van der Waals surface area contributed by atoms with E-state index in [-0.39, 0.29) is 12.6 Å². The van der Waals surface area contributed by atoms with Gasteiger partial charge in [0.1, 0.15) is 6.61 Å². The standard InChI is InChI=1S/C19H17NO4/c1-12-17(15-5-3-4-6-16(15)20-12)19(22)24-11-13-7-9-14(10-8-13)18(21)23-2/h3-10,20H,11H2,1-2H3. The Hall–Kier alpha value is -3.08. The highest BCUT2D eigenvalue weighted by molar-refractivity contribution is 6.05. The molecule has 0 radical (unpaired) electrons. The number of para-hydroxylation sites is 1. The topological polar surface area (TPSA) is 68.4 Å². The highest BCUT2D eigenvalue weighted by Crippen LogP contribution is 2.23. The molecular weight excluding hydrogens is 306 g/mol. The molecule has 0 aliphatic rings. The van der Waals surface area contributed by atoms with Gasteiger partial charge in [-0.05, 0) is 30.7 Å². The summed E-state index contributed by atoms with van der Waals surface area (Å²) in [5.74, 6) is -0.769. The zero-order valence-electron chi connectivity index (χ0n) is 13.5. The summed E-state index contributed by atoms with van der Waals surface area (Å²) in [4.78, 5) is 27.0. The first kappa shape index (κ1) is 15.8. The van der Waals surface area contributed by atoms with Crippen LogP contribution in [0.5, 0.6) is 0 Å². The molecule has 122 valence electrons. The predicted octanol–water partition coefficient (Wildman–Crippen LogP) is 3.62. The zero-order valence-corrected chi connectivity index (χ0v) is 13.5. The van der Waals surface area contributed by atoms with Gasteiger partial charge in [0, 0.05) is 16.6 Å². The average molecular weight is 323 g/mol. The second-order valence-corrected chi connectivity index (χ2v) is 5.44. The van der Waals surface area contributed by atoms with Crippen LogP contribution in [0.4, 0.5) is 0 Å². The Labute approximate surface area is 139 Å². The predicted molar refractivity (Wildman–Crippen MR) is 89.9 cm³/mol.